The lowest BCUT2D eigenvalue weighted by atomic mass is 10.2. The van der Waals surface area contributed by atoms with Gasteiger partial charge >= 0.3 is 0 Å². The van der Waals surface area contributed by atoms with Gasteiger partial charge in [-0.15, -0.1) is 0 Å². The minimum atomic E-state index is 0.236. The Morgan fingerprint density at radius 3 is 3.18 bits per heavy atom. The number of likely N-dealkylation sites (N-methyl/N-ethyl adjacent to an activating group) is 1. The quantitative estimate of drug-likeness (QED) is 0.927. The van der Waals surface area contributed by atoms with Crippen LogP contribution in [0.3, 0.4) is 0 Å². The fourth-order valence-corrected chi connectivity index (χ4v) is 2.41. The van der Waals surface area contributed by atoms with Crippen LogP contribution in [-0.4, -0.2) is 44.3 Å². The Kier molecular flexibility index (Phi) is 4.68. The third kappa shape index (κ3) is 3.85. The molecule has 1 aliphatic rings. The summed E-state index contributed by atoms with van der Waals surface area (Å²) in [5.41, 5.74) is 1.01. The van der Waals surface area contributed by atoms with Crippen LogP contribution in [0.15, 0.2) is 22.7 Å². The van der Waals surface area contributed by atoms with Gasteiger partial charge in [0.2, 0.25) is 0 Å². The summed E-state index contributed by atoms with van der Waals surface area (Å²) in [6.07, 6.45) is 0.236. The van der Waals surface area contributed by atoms with Crippen LogP contribution in [0.2, 0.25) is 5.02 Å². The maximum Gasteiger partial charge on any atom is 0.0874 e. The molecular weight excluding hydrogens is 304 g/mol. The standard InChI is InChI=1S/C12H16BrClN2O/c1-16-4-5-17-10(8-16)7-15-12-6-9(14)2-3-11(12)13/h2-3,6,10,15H,4-5,7-8H2,1H3. The largest absolute Gasteiger partial charge is 0.381 e. The molecule has 1 aromatic rings. The number of rotatable bonds is 3. The number of nitrogens with one attached hydrogen (secondary N) is 1. The van der Waals surface area contributed by atoms with E-state index < -0.39 is 0 Å². The molecule has 0 amide bonds. The molecule has 1 saturated heterocycles. The zero-order valence-electron chi connectivity index (χ0n) is 9.75. The van der Waals surface area contributed by atoms with Gasteiger partial charge in [-0.05, 0) is 41.2 Å². The molecule has 0 aliphatic carbocycles. The minimum absolute atomic E-state index is 0.236. The van der Waals surface area contributed by atoms with Crippen LogP contribution in [0.5, 0.6) is 0 Å². The van der Waals surface area contributed by atoms with Crippen molar-refractivity contribution in [1.29, 1.82) is 0 Å². The summed E-state index contributed by atoms with van der Waals surface area (Å²) < 4.78 is 6.71. The summed E-state index contributed by atoms with van der Waals surface area (Å²) in [7, 11) is 2.12. The molecule has 0 bridgehead atoms. The number of hydrogen-bond acceptors (Lipinski definition) is 3. The number of halogens is 2. The number of anilines is 1. The van der Waals surface area contributed by atoms with Crippen LogP contribution >= 0.6 is 27.5 Å². The van der Waals surface area contributed by atoms with Gasteiger partial charge in [0.15, 0.2) is 0 Å². The highest BCUT2D eigenvalue weighted by Gasteiger charge is 2.17. The van der Waals surface area contributed by atoms with Crippen molar-refractivity contribution in [2.45, 2.75) is 6.10 Å². The van der Waals surface area contributed by atoms with E-state index in [2.05, 4.69) is 33.2 Å². The van der Waals surface area contributed by atoms with E-state index in [1.54, 1.807) is 0 Å². The summed E-state index contributed by atoms with van der Waals surface area (Å²) >= 11 is 9.46. The molecule has 0 saturated carbocycles. The van der Waals surface area contributed by atoms with Crippen LogP contribution in [0.4, 0.5) is 5.69 Å². The first kappa shape index (κ1) is 13.1. The van der Waals surface area contributed by atoms with Crippen molar-refractivity contribution in [3.8, 4) is 0 Å². The summed E-state index contributed by atoms with van der Waals surface area (Å²) in [5.74, 6) is 0. The Morgan fingerprint density at radius 2 is 2.41 bits per heavy atom. The molecule has 0 radical (unpaired) electrons. The SMILES string of the molecule is CN1CCOC(CNc2cc(Cl)ccc2Br)C1. The average molecular weight is 320 g/mol. The zero-order valence-corrected chi connectivity index (χ0v) is 12.1. The molecule has 1 aromatic carbocycles. The predicted octanol–water partition coefficient (Wildman–Crippen LogP) is 2.85. The maximum absolute atomic E-state index is 5.96. The molecule has 0 spiro atoms. The predicted molar refractivity (Wildman–Crippen MR) is 74.9 cm³/mol. The lowest BCUT2D eigenvalue weighted by molar-refractivity contribution is -0.0117. The normalized spacial score (nSPS) is 21.5. The summed E-state index contributed by atoms with van der Waals surface area (Å²) in [5, 5.41) is 4.09. The summed E-state index contributed by atoms with van der Waals surface area (Å²) in [6, 6.07) is 5.72. The fraction of sp³-hybridized carbons (Fsp3) is 0.500. The van der Waals surface area contributed by atoms with E-state index in [-0.39, 0.29) is 6.10 Å². The second-order valence-corrected chi connectivity index (χ2v) is 5.55. The molecule has 3 nitrogen and oxygen atoms in total. The van der Waals surface area contributed by atoms with Gasteiger partial charge in [-0.2, -0.15) is 0 Å². The van der Waals surface area contributed by atoms with Crippen LogP contribution in [0, 0.1) is 0 Å². The van der Waals surface area contributed by atoms with Crippen molar-refractivity contribution in [1.82, 2.24) is 4.90 Å². The van der Waals surface area contributed by atoms with Gasteiger partial charge in [0.1, 0.15) is 0 Å². The number of ether oxygens (including phenoxy) is 1. The van der Waals surface area contributed by atoms with Gasteiger partial charge in [0.25, 0.3) is 0 Å². The van der Waals surface area contributed by atoms with Crippen molar-refractivity contribution in [2.75, 3.05) is 38.6 Å². The third-order valence-electron chi connectivity index (χ3n) is 2.79. The minimum Gasteiger partial charge on any atom is -0.381 e. The summed E-state index contributed by atoms with van der Waals surface area (Å²) in [4.78, 5) is 2.28. The highest BCUT2D eigenvalue weighted by Crippen LogP contribution is 2.25. The second-order valence-electron chi connectivity index (χ2n) is 4.26. The monoisotopic (exact) mass is 318 g/mol. The van der Waals surface area contributed by atoms with Gasteiger partial charge in [-0.3, -0.25) is 0 Å². The van der Waals surface area contributed by atoms with E-state index >= 15 is 0 Å². The molecule has 17 heavy (non-hydrogen) atoms. The first-order chi connectivity index (χ1) is 8.15. The van der Waals surface area contributed by atoms with Gasteiger partial charge in [-0.1, -0.05) is 11.6 Å². The van der Waals surface area contributed by atoms with Crippen molar-refractivity contribution in [2.24, 2.45) is 0 Å². The van der Waals surface area contributed by atoms with Crippen LogP contribution in [0.25, 0.3) is 0 Å². The smallest absolute Gasteiger partial charge is 0.0874 e. The van der Waals surface area contributed by atoms with Crippen LogP contribution in [0.1, 0.15) is 0 Å². The van der Waals surface area contributed by atoms with E-state index in [9.17, 15) is 0 Å². The number of morpholine rings is 1. The fourth-order valence-electron chi connectivity index (χ4n) is 1.85. The Bertz CT molecular complexity index is 389. The first-order valence-corrected chi connectivity index (χ1v) is 6.81. The van der Waals surface area contributed by atoms with E-state index in [1.807, 2.05) is 18.2 Å². The molecule has 1 aliphatic heterocycles. The van der Waals surface area contributed by atoms with Gasteiger partial charge in [0.05, 0.1) is 12.7 Å². The Hall–Kier alpha value is -0.290. The van der Waals surface area contributed by atoms with Crippen molar-refractivity contribution in [3.05, 3.63) is 27.7 Å². The molecule has 2 rings (SSSR count). The molecule has 0 aromatic heterocycles. The molecule has 1 unspecified atom stereocenters. The van der Waals surface area contributed by atoms with Crippen LogP contribution in [-0.2, 0) is 4.74 Å². The highest BCUT2D eigenvalue weighted by atomic mass is 79.9. The molecule has 94 valence electrons. The van der Waals surface area contributed by atoms with Crippen LogP contribution < -0.4 is 5.32 Å². The maximum atomic E-state index is 5.96. The average Bonchev–Trinajstić information content (AvgIpc) is 2.30. The summed E-state index contributed by atoms with van der Waals surface area (Å²) in [6.45, 7) is 3.57. The van der Waals surface area contributed by atoms with Gasteiger partial charge in [-0.25, -0.2) is 0 Å². The lowest BCUT2D eigenvalue weighted by Crippen LogP contribution is -2.43. The number of hydrogen-bond donors (Lipinski definition) is 1. The van der Waals surface area contributed by atoms with Gasteiger partial charge in [0, 0.05) is 34.8 Å². The van der Waals surface area contributed by atoms with Crippen molar-refractivity contribution < 1.29 is 4.74 Å². The van der Waals surface area contributed by atoms with E-state index in [0.29, 0.717) is 0 Å². The third-order valence-corrected chi connectivity index (χ3v) is 3.72. The van der Waals surface area contributed by atoms with Gasteiger partial charge < -0.3 is 15.0 Å². The molecular formula is C12H16BrClN2O. The highest BCUT2D eigenvalue weighted by molar-refractivity contribution is 9.10. The first-order valence-electron chi connectivity index (χ1n) is 5.64. The van der Waals surface area contributed by atoms with E-state index in [1.165, 1.54) is 0 Å². The molecule has 5 heteroatoms. The van der Waals surface area contributed by atoms with Crippen molar-refractivity contribution in [3.63, 3.8) is 0 Å². The Balaban J connectivity index is 1.90. The van der Waals surface area contributed by atoms with Crippen molar-refractivity contribution >= 4 is 33.2 Å². The number of nitrogens with zero attached hydrogens (tertiary/aromatic N) is 1. The zero-order chi connectivity index (χ0) is 12.3. The molecule has 1 fully saturated rings. The second kappa shape index (κ2) is 6.05. The Labute approximate surface area is 115 Å². The Morgan fingerprint density at radius 1 is 1.59 bits per heavy atom. The molecule has 1 atom stereocenters. The number of benzene rings is 1. The van der Waals surface area contributed by atoms with E-state index in [0.717, 1.165) is 41.4 Å². The lowest BCUT2D eigenvalue weighted by Gasteiger charge is -2.30. The molecule has 1 heterocycles. The molecule has 1 N–H and O–H groups in total. The topological polar surface area (TPSA) is 24.5 Å². The van der Waals surface area contributed by atoms with E-state index in [4.69, 9.17) is 16.3 Å².